The van der Waals surface area contributed by atoms with E-state index in [0.29, 0.717) is 22.5 Å². The highest BCUT2D eigenvalue weighted by Gasteiger charge is 2.34. The van der Waals surface area contributed by atoms with E-state index < -0.39 is 10.0 Å². The topological polar surface area (TPSA) is 46.6 Å². The van der Waals surface area contributed by atoms with Crippen LogP contribution in [0.15, 0.2) is 32.0 Å². The molecule has 118 valence electrons. The fourth-order valence-electron chi connectivity index (χ4n) is 2.24. The summed E-state index contributed by atoms with van der Waals surface area (Å²) < 4.78 is 34.0. The van der Waals surface area contributed by atoms with Gasteiger partial charge in [-0.15, -0.1) is 0 Å². The summed E-state index contributed by atoms with van der Waals surface area (Å²) in [6.07, 6.45) is 0.891. The van der Waals surface area contributed by atoms with E-state index in [2.05, 4.69) is 31.9 Å². The van der Waals surface area contributed by atoms with Crippen LogP contribution in [-0.4, -0.2) is 50.5 Å². The molecule has 1 saturated heterocycles. The lowest BCUT2D eigenvalue weighted by atomic mass is 10.3. The summed E-state index contributed by atoms with van der Waals surface area (Å²) in [4.78, 5) is 0.304. The van der Waals surface area contributed by atoms with E-state index >= 15 is 0 Å². The van der Waals surface area contributed by atoms with Crippen LogP contribution in [0, 0.1) is 0 Å². The molecule has 1 aromatic carbocycles. The number of halogens is 2. The van der Waals surface area contributed by atoms with Gasteiger partial charge in [-0.2, -0.15) is 16.1 Å². The van der Waals surface area contributed by atoms with Crippen LogP contribution in [0.1, 0.15) is 6.42 Å². The first-order chi connectivity index (χ1) is 9.96. The predicted octanol–water partition coefficient (Wildman–Crippen LogP) is 3.35. The van der Waals surface area contributed by atoms with Gasteiger partial charge in [-0.05, 0) is 46.3 Å². The van der Waals surface area contributed by atoms with E-state index in [0.717, 1.165) is 22.4 Å². The lowest BCUT2D eigenvalue weighted by Gasteiger charge is -2.27. The van der Waals surface area contributed by atoms with Gasteiger partial charge >= 0.3 is 0 Å². The van der Waals surface area contributed by atoms with Crippen molar-refractivity contribution in [2.75, 3.05) is 31.8 Å². The van der Waals surface area contributed by atoms with Gasteiger partial charge < -0.3 is 4.74 Å². The number of hydrogen-bond acceptors (Lipinski definition) is 4. The van der Waals surface area contributed by atoms with Crippen molar-refractivity contribution in [2.45, 2.75) is 17.4 Å². The second kappa shape index (κ2) is 7.79. The molecule has 8 heteroatoms. The minimum atomic E-state index is -3.53. The van der Waals surface area contributed by atoms with Crippen LogP contribution in [0.25, 0.3) is 0 Å². The summed E-state index contributed by atoms with van der Waals surface area (Å²) >= 11 is 8.50. The Morgan fingerprint density at radius 2 is 2.19 bits per heavy atom. The minimum Gasteiger partial charge on any atom is -0.383 e. The zero-order chi connectivity index (χ0) is 15.5. The Hall–Kier alpha value is 0.400. The number of nitrogens with zero attached hydrogens (tertiary/aromatic N) is 1. The molecule has 1 aliphatic heterocycles. The highest BCUT2D eigenvalue weighted by molar-refractivity contribution is 9.11. The Morgan fingerprint density at radius 1 is 1.43 bits per heavy atom. The van der Waals surface area contributed by atoms with Crippen molar-refractivity contribution in [1.29, 1.82) is 0 Å². The summed E-state index contributed by atoms with van der Waals surface area (Å²) in [7, 11) is -1.94. The van der Waals surface area contributed by atoms with Crippen molar-refractivity contribution in [3.63, 3.8) is 0 Å². The molecule has 4 nitrogen and oxygen atoms in total. The normalized spacial score (nSPS) is 19.3. The zero-order valence-corrected chi connectivity index (χ0v) is 16.4. The van der Waals surface area contributed by atoms with Gasteiger partial charge in [0.15, 0.2) is 0 Å². The van der Waals surface area contributed by atoms with E-state index in [1.807, 2.05) is 0 Å². The van der Waals surface area contributed by atoms with Crippen molar-refractivity contribution < 1.29 is 13.2 Å². The molecule has 1 aliphatic rings. The Labute approximate surface area is 146 Å². The standard InChI is InChI=1S/C13H17Br2NO3S2/c1-19-6-5-16(11-4-7-20-9-11)21(17,18)13-3-2-10(14)8-12(13)15/h2-3,8,11H,4-7,9H2,1H3. The number of benzene rings is 1. The Bertz CT molecular complexity index is 589. The molecule has 0 bridgehead atoms. The zero-order valence-electron chi connectivity index (χ0n) is 11.6. The number of hydrogen-bond donors (Lipinski definition) is 0. The van der Waals surface area contributed by atoms with Crippen LogP contribution in [0.5, 0.6) is 0 Å². The SMILES string of the molecule is COCCN(C1CCSC1)S(=O)(=O)c1ccc(Br)cc1Br. The molecule has 1 unspecified atom stereocenters. The molecule has 0 aliphatic carbocycles. The maximum Gasteiger partial charge on any atom is 0.244 e. The Kier molecular flexibility index (Phi) is 6.58. The lowest BCUT2D eigenvalue weighted by molar-refractivity contribution is 0.169. The van der Waals surface area contributed by atoms with Crippen molar-refractivity contribution >= 4 is 53.6 Å². The van der Waals surface area contributed by atoms with Crippen LogP contribution in [-0.2, 0) is 14.8 Å². The maximum absolute atomic E-state index is 13.0. The Balaban J connectivity index is 2.35. The van der Waals surface area contributed by atoms with Gasteiger partial charge in [0.1, 0.15) is 0 Å². The van der Waals surface area contributed by atoms with Gasteiger partial charge in [-0.25, -0.2) is 8.42 Å². The maximum atomic E-state index is 13.0. The molecule has 0 amide bonds. The van der Waals surface area contributed by atoms with Gasteiger partial charge in [0.25, 0.3) is 0 Å². The van der Waals surface area contributed by atoms with Crippen LogP contribution in [0.2, 0.25) is 0 Å². The number of ether oxygens (including phenoxy) is 1. The summed E-state index contributed by atoms with van der Waals surface area (Å²) in [5.74, 6) is 1.85. The first-order valence-corrected chi connectivity index (χ1v) is 10.7. The molecule has 0 saturated carbocycles. The van der Waals surface area contributed by atoms with Gasteiger partial charge in [-0.1, -0.05) is 15.9 Å². The van der Waals surface area contributed by atoms with Crippen LogP contribution in [0.4, 0.5) is 0 Å². The van der Waals surface area contributed by atoms with Crippen LogP contribution < -0.4 is 0 Å². The van der Waals surface area contributed by atoms with E-state index in [-0.39, 0.29) is 6.04 Å². The van der Waals surface area contributed by atoms with Gasteiger partial charge in [0, 0.05) is 34.4 Å². The second-order valence-electron chi connectivity index (χ2n) is 4.70. The summed E-state index contributed by atoms with van der Waals surface area (Å²) in [6.45, 7) is 0.779. The molecule has 0 radical (unpaired) electrons. The summed E-state index contributed by atoms with van der Waals surface area (Å²) in [5.41, 5.74) is 0. The molecular formula is C13H17Br2NO3S2. The third-order valence-corrected chi connectivity index (χ3v) is 7.88. The van der Waals surface area contributed by atoms with E-state index in [9.17, 15) is 8.42 Å². The number of thioether (sulfide) groups is 1. The molecule has 1 heterocycles. The number of rotatable bonds is 6. The molecule has 0 spiro atoms. The van der Waals surface area contributed by atoms with Crippen LogP contribution >= 0.6 is 43.6 Å². The largest absolute Gasteiger partial charge is 0.383 e. The predicted molar refractivity (Wildman–Crippen MR) is 93.3 cm³/mol. The van der Waals surface area contributed by atoms with Crippen molar-refractivity contribution in [1.82, 2.24) is 4.31 Å². The van der Waals surface area contributed by atoms with E-state index in [4.69, 9.17) is 4.74 Å². The lowest BCUT2D eigenvalue weighted by Crippen LogP contribution is -2.42. The van der Waals surface area contributed by atoms with Gasteiger partial charge in [0.05, 0.1) is 11.5 Å². The minimum absolute atomic E-state index is 0.0469. The molecule has 0 aromatic heterocycles. The molecule has 1 atom stereocenters. The second-order valence-corrected chi connectivity index (χ2v) is 9.48. The average molecular weight is 459 g/mol. The monoisotopic (exact) mass is 457 g/mol. The van der Waals surface area contributed by atoms with Gasteiger partial charge in [0.2, 0.25) is 10.0 Å². The quantitative estimate of drug-likeness (QED) is 0.655. The highest BCUT2D eigenvalue weighted by atomic mass is 79.9. The number of methoxy groups -OCH3 is 1. The number of sulfonamides is 1. The smallest absolute Gasteiger partial charge is 0.244 e. The van der Waals surface area contributed by atoms with E-state index in [1.165, 1.54) is 0 Å². The molecule has 1 fully saturated rings. The highest BCUT2D eigenvalue weighted by Crippen LogP contribution is 2.32. The third-order valence-electron chi connectivity index (χ3n) is 3.31. The van der Waals surface area contributed by atoms with Crippen molar-refractivity contribution in [2.24, 2.45) is 0 Å². The summed E-state index contributed by atoms with van der Waals surface area (Å²) in [6, 6.07) is 5.18. The fourth-order valence-corrected chi connectivity index (χ4v) is 6.90. The van der Waals surface area contributed by atoms with Crippen molar-refractivity contribution in [3.05, 3.63) is 27.1 Å². The Morgan fingerprint density at radius 3 is 2.76 bits per heavy atom. The molecule has 2 rings (SSSR count). The van der Waals surface area contributed by atoms with Gasteiger partial charge in [-0.3, -0.25) is 0 Å². The molecule has 0 N–H and O–H groups in total. The van der Waals surface area contributed by atoms with Crippen LogP contribution in [0.3, 0.4) is 0 Å². The summed E-state index contributed by atoms with van der Waals surface area (Å²) in [5, 5.41) is 0. The van der Waals surface area contributed by atoms with Crippen molar-refractivity contribution in [3.8, 4) is 0 Å². The molecular weight excluding hydrogens is 442 g/mol. The van der Waals surface area contributed by atoms with E-state index in [1.54, 1.807) is 41.4 Å². The molecule has 21 heavy (non-hydrogen) atoms. The third kappa shape index (κ3) is 4.23. The average Bonchev–Trinajstić information content (AvgIpc) is 2.92. The molecule has 1 aromatic rings. The first kappa shape index (κ1) is 17.7. The first-order valence-electron chi connectivity index (χ1n) is 6.50. The fraction of sp³-hybridized carbons (Fsp3) is 0.538.